The molecule has 1 rings (SSSR count). The number of carbonyl (C=O) groups is 1. The molecule has 2 nitrogen and oxygen atoms in total. The molecular weight excluding hydrogens is 138 g/mol. The summed E-state index contributed by atoms with van der Waals surface area (Å²) in [6, 6.07) is 0. The summed E-state index contributed by atoms with van der Waals surface area (Å²) < 4.78 is 0. The van der Waals surface area contributed by atoms with Gasteiger partial charge in [0.25, 0.3) is 5.91 Å². The van der Waals surface area contributed by atoms with Gasteiger partial charge in [-0.15, -0.1) is 0 Å². The van der Waals surface area contributed by atoms with Crippen molar-refractivity contribution < 1.29 is 4.79 Å². The van der Waals surface area contributed by atoms with Gasteiger partial charge >= 0.3 is 0 Å². The van der Waals surface area contributed by atoms with Crippen molar-refractivity contribution in [3.63, 3.8) is 0 Å². The van der Waals surface area contributed by atoms with Crippen molar-refractivity contribution in [1.82, 2.24) is 4.90 Å². The van der Waals surface area contributed by atoms with Crippen LogP contribution in [0, 0.1) is 0 Å². The van der Waals surface area contributed by atoms with Gasteiger partial charge in [0.05, 0.1) is 0 Å². The van der Waals surface area contributed by atoms with Crippen LogP contribution in [0.25, 0.3) is 0 Å². The van der Waals surface area contributed by atoms with E-state index in [1.54, 1.807) is 6.08 Å². The third kappa shape index (κ3) is 1.20. The quantitative estimate of drug-likeness (QED) is 0.583. The minimum atomic E-state index is 0.125. The highest BCUT2D eigenvalue weighted by Crippen LogP contribution is 2.18. The van der Waals surface area contributed by atoms with Gasteiger partial charge in [-0.2, -0.15) is 0 Å². The first-order valence-electron chi connectivity index (χ1n) is 3.82. The van der Waals surface area contributed by atoms with Gasteiger partial charge < -0.3 is 4.90 Å². The molecule has 0 spiro atoms. The average Bonchev–Trinajstić information content (AvgIpc) is 2.26. The van der Waals surface area contributed by atoms with Crippen molar-refractivity contribution >= 4 is 5.91 Å². The van der Waals surface area contributed by atoms with Crippen LogP contribution in [0.5, 0.6) is 0 Å². The zero-order valence-corrected chi connectivity index (χ0v) is 7.05. The van der Waals surface area contributed by atoms with Gasteiger partial charge in [0, 0.05) is 18.7 Å². The Labute approximate surface area is 67.2 Å². The maximum Gasteiger partial charge on any atom is 0.254 e. The summed E-state index contributed by atoms with van der Waals surface area (Å²) in [6.07, 6.45) is 1.65. The van der Waals surface area contributed by atoms with Crippen molar-refractivity contribution in [2.75, 3.05) is 13.1 Å². The van der Waals surface area contributed by atoms with E-state index in [4.69, 9.17) is 0 Å². The Morgan fingerprint density at radius 1 is 1.73 bits per heavy atom. The van der Waals surface area contributed by atoms with Crippen molar-refractivity contribution in [3.05, 3.63) is 23.8 Å². The number of hydrogen-bond donors (Lipinski definition) is 0. The van der Waals surface area contributed by atoms with E-state index in [1.165, 1.54) is 0 Å². The Hall–Kier alpha value is -1.05. The molecule has 0 radical (unpaired) electrons. The molecule has 0 aliphatic carbocycles. The Morgan fingerprint density at radius 2 is 2.36 bits per heavy atom. The number of hydrogen-bond acceptors (Lipinski definition) is 1. The lowest BCUT2D eigenvalue weighted by Crippen LogP contribution is -2.26. The third-order valence-electron chi connectivity index (χ3n) is 1.99. The van der Waals surface area contributed by atoms with Gasteiger partial charge in [-0.25, -0.2) is 0 Å². The topological polar surface area (TPSA) is 20.3 Å². The van der Waals surface area contributed by atoms with Crippen LogP contribution in [0.3, 0.4) is 0 Å². The fourth-order valence-corrected chi connectivity index (χ4v) is 1.31. The molecule has 11 heavy (non-hydrogen) atoms. The van der Waals surface area contributed by atoms with E-state index < -0.39 is 0 Å². The summed E-state index contributed by atoms with van der Waals surface area (Å²) in [7, 11) is 0. The van der Waals surface area contributed by atoms with E-state index in [-0.39, 0.29) is 5.91 Å². The van der Waals surface area contributed by atoms with Crippen LogP contribution < -0.4 is 0 Å². The predicted molar refractivity (Wildman–Crippen MR) is 45.2 cm³/mol. The number of rotatable bonds is 2. The first-order chi connectivity index (χ1) is 5.20. The molecule has 0 saturated heterocycles. The van der Waals surface area contributed by atoms with E-state index in [0.29, 0.717) is 0 Å². The second-order valence-electron chi connectivity index (χ2n) is 2.72. The van der Waals surface area contributed by atoms with Crippen LogP contribution in [0.15, 0.2) is 23.8 Å². The smallest absolute Gasteiger partial charge is 0.254 e. The molecule has 0 aromatic heterocycles. The van der Waals surface area contributed by atoms with Crippen LogP contribution in [-0.2, 0) is 4.79 Å². The zero-order valence-electron chi connectivity index (χ0n) is 7.05. The zero-order chi connectivity index (χ0) is 8.43. The molecule has 1 heterocycles. The van der Waals surface area contributed by atoms with Crippen LogP contribution in [0.2, 0.25) is 0 Å². The van der Waals surface area contributed by atoms with E-state index >= 15 is 0 Å². The molecule has 0 bridgehead atoms. The summed E-state index contributed by atoms with van der Waals surface area (Å²) in [5.74, 6) is 0.125. The first-order valence-corrected chi connectivity index (χ1v) is 3.82. The molecule has 0 atom stereocenters. The van der Waals surface area contributed by atoms with E-state index in [1.807, 2.05) is 18.7 Å². The molecule has 0 aromatic carbocycles. The first kappa shape index (κ1) is 8.05. The van der Waals surface area contributed by atoms with E-state index in [2.05, 4.69) is 6.58 Å². The standard InChI is InChI=1S/C9H13NO/c1-4-8-7(3)6-10(5-2)9(8)11/h4H,1,5-6H2,2-3H3. The summed E-state index contributed by atoms with van der Waals surface area (Å²) in [4.78, 5) is 13.2. The molecule has 1 aliphatic rings. The summed E-state index contributed by atoms with van der Waals surface area (Å²) in [5.41, 5.74) is 1.92. The number of amides is 1. The number of likely N-dealkylation sites (N-methyl/N-ethyl adjacent to an activating group) is 1. The second-order valence-corrected chi connectivity index (χ2v) is 2.72. The summed E-state index contributed by atoms with van der Waals surface area (Å²) >= 11 is 0. The second kappa shape index (κ2) is 2.91. The largest absolute Gasteiger partial charge is 0.335 e. The highest BCUT2D eigenvalue weighted by molar-refractivity contribution is 5.99. The van der Waals surface area contributed by atoms with Crippen molar-refractivity contribution in [3.8, 4) is 0 Å². The minimum Gasteiger partial charge on any atom is -0.335 e. The predicted octanol–water partition coefficient (Wildman–Crippen LogP) is 1.35. The van der Waals surface area contributed by atoms with Crippen molar-refractivity contribution in [2.24, 2.45) is 0 Å². The fourth-order valence-electron chi connectivity index (χ4n) is 1.31. The number of nitrogens with zero attached hydrogens (tertiary/aromatic N) is 1. The van der Waals surface area contributed by atoms with Crippen LogP contribution >= 0.6 is 0 Å². The molecule has 0 unspecified atom stereocenters. The lowest BCUT2D eigenvalue weighted by Gasteiger charge is -2.12. The van der Waals surface area contributed by atoms with Gasteiger partial charge in [-0.05, 0) is 19.4 Å². The lowest BCUT2D eigenvalue weighted by molar-refractivity contribution is -0.124. The molecule has 1 aliphatic heterocycles. The Kier molecular flexibility index (Phi) is 2.13. The van der Waals surface area contributed by atoms with Crippen molar-refractivity contribution in [1.29, 1.82) is 0 Å². The van der Waals surface area contributed by atoms with Gasteiger partial charge in [0.2, 0.25) is 0 Å². The highest BCUT2D eigenvalue weighted by atomic mass is 16.2. The van der Waals surface area contributed by atoms with Gasteiger partial charge in [0.1, 0.15) is 0 Å². The normalized spacial score (nSPS) is 18.0. The summed E-state index contributed by atoms with van der Waals surface area (Å²) in [6.45, 7) is 9.13. The monoisotopic (exact) mass is 151 g/mol. The molecule has 0 saturated carbocycles. The maximum atomic E-state index is 11.4. The number of carbonyl (C=O) groups excluding carboxylic acids is 1. The van der Waals surface area contributed by atoms with Crippen molar-refractivity contribution in [2.45, 2.75) is 13.8 Å². The molecular formula is C9H13NO. The fraction of sp³-hybridized carbons (Fsp3) is 0.444. The van der Waals surface area contributed by atoms with E-state index in [9.17, 15) is 4.79 Å². The Balaban J connectivity index is 2.86. The van der Waals surface area contributed by atoms with Gasteiger partial charge in [-0.3, -0.25) is 4.79 Å². The molecule has 0 fully saturated rings. The minimum absolute atomic E-state index is 0.125. The van der Waals surface area contributed by atoms with Crippen LogP contribution in [0.4, 0.5) is 0 Å². The van der Waals surface area contributed by atoms with Crippen LogP contribution in [0.1, 0.15) is 13.8 Å². The average molecular weight is 151 g/mol. The molecule has 0 aromatic rings. The Morgan fingerprint density at radius 3 is 2.64 bits per heavy atom. The van der Waals surface area contributed by atoms with Crippen LogP contribution in [-0.4, -0.2) is 23.9 Å². The van der Waals surface area contributed by atoms with E-state index in [0.717, 1.165) is 24.2 Å². The molecule has 1 amide bonds. The maximum absolute atomic E-state index is 11.4. The molecule has 0 N–H and O–H groups in total. The highest BCUT2D eigenvalue weighted by Gasteiger charge is 2.23. The summed E-state index contributed by atoms with van der Waals surface area (Å²) in [5, 5.41) is 0. The van der Waals surface area contributed by atoms with Gasteiger partial charge in [0.15, 0.2) is 0 Å². The molecule has 60 valence electrons. The SMILES string of the molecule is C=CC1=C(C)CN(CC)C1=O. The third-order valence-corrected chi connectivity index (χ3v) is 1.99. The molecule has 2 heteroatoms. The van der Waals surface area contributed by atoms with Gasteiger partial charge in [-0.1, -0.05) is 12.7 Å². The Bertz CT molecular complexity index is 228. The lowest BCUT2D eigenvalue weighted by atomic mass is 10.2.